The number of benzene rings is 1. The van der Waals surface area contributed by atoms with Crippen LogP contribution in [0.2, 0.25) is 0 Å². The van der Waals surface area contributed by atoms with E-state index in [4.69, 9.17) is 4.98 Å². The van der Waals surface area contributed by atoms with Crippen LogP contribution in [0.1, 0.15) is 55.6 Å². The van der Waals surface area contributed by atoms with Crippen molar-refractivity contribution in [2.24, 2.45) is 0 Å². The van der Waals surface area contributed by atoms with Crippen LogP contribution in [-0.2, 0) is 12.7 Å². The second kappa shape index (κ2) is 8.93. The number of hydrogen-bond acceptors (Lipinski definition) is 5. The standard InChI is InChI=1S/C27H24F3N7O/c1-15(2)22-19(4-3-11-31-22)23-32-12-20-25(35-23)37(26(38)33-20)13-16-5-7-17(8-6-16)24-34-21(27(28,29)30)14-36(24)18-9-10-18/h3-8,11-12,14-15,18H,9-10,13H2,1-2H3,(H,33,38). The third kappa shape index (κ3) is 4.37. The summed E-state index contributed by atoms with van der Waals surface area (Å²) < 4.78 is 43.0. The van der Waals surface area contributed by atoms with E-state index in [1.165, 1.54) is 4.57 Å². The Labute approximate surface area is 215 Å². The van der Waals surface area contributed by atoms with Crippen molar-refractivity contribution >= 4 is 11.2 Å². The first-order valence-corrected chi connectivity index (χ1v) is 12.4. The average molecular weight is 520 g/mol. The maximum Gasteiger partial charge on any atom is 0.434 e. The summed E-state index contributed by atoms with van der Waals surface area (Å²) in [6, 6.07) is 10.8. The maximum absolute atomic E-state index is 13.3. The molecule has 11 heteroatoms. The molecule has 0 saturated heterocycles. The molecule has 1 aliphatic carbocycles. The number of alkyl halides is 3. The van der Waals surface area contributed by atoms with Crippen molar-refractivity contribution in [1.29, 1.82) is 0 Å². The summed E-state index contributed by atoms with van der Waals surface area (Å²) in [4.78, 5) is 33.1. The first-order chi connectivity index (χ1) is 18.2. The molecular weight excluding hydrogens is 495 g/mol. The predicted molar refractivity (Wildman–Crippen MR) is 136 cm³/mol. The monoisotopic (exact) mass is 519 g/mol. The van der Waals surface area contributed by atoms with Gasteiger partial charge in [-0.2, -0.15) is 13.2 Å². The molecule has 1 aromatic carbocycles. The molecule has 0 spiro atoms. The minimum absolute atomic E-state index is 0.0444. The van der Waals surface area contributed by atoms with Crippen molar-refractivity contribution in [3.63, 3.8) is 0 Å². The molecule has 0 bridgehead atoms. The number of rotatable bonds is 6. The number of hydrogen-bond donors (Lipinski definition) is 1. The van der Waals surface area contributed by atoms with Crippen LogP contribution in [0.4, 0.5) is 13.2 Å². The van der Waals surface area contributed by atoms with Crippen LogP contribution in [-0.4, -0.2) is 34.1 Å². The van der Waals surface area contributed by atoms with Crippen LogP contribution in [0, 0.1) is 0 Å². The van der Waals surface area contributed by atoms with Gasteiger partial charge in [-0.05, 0) is 36.5 Å². The van der Waals surface area contributed by atoms with Gasteiger partial charge in [0.2, 0.25) is 0 Å². The third-order valence-electron chi connectivity index (χ3n) is 6.65. The zero-order valence-electron chi connectivity index (χ0n) is 20.7. The quantitative estimate of drug-likeness (QED) is 0.317. The average Bonchev–Trinajstić information content (AvgIpc) is 3.56. The Morgan fingerprint density at radius 3 is 2.53 bits per heavy atom. The van der Waals surface area contributed by atoms with Crippen molar-refractivity contribution in [1.82, 2.24) is 34.1 Å². The number of nitrogens with one attached hydrogen (secondary N) is 1. The second-order valence-corrected chi connectivity index (χ2v) is 9.82. The van der Waals surface area contributed by atoms with Crippen LogP contribution in [0.15, 0.2) is 59.8 Å². The van der Waals surface area contributed by atoms with Gasteiger partial charge in [0, 0.05) is 29.6 Å². The van der Waals surface area contributed by atoms with E-state index >= 15 is 0 Å². The molecule has 8 nitrogen and oxygen atoms in total. The molecule has 4 heterocycles. The molecule has 1 fully saturated rings. The summed E-state index contributed by atoms with van der Waals surface area (Å²) in [5.74, 6) is 0.940. The van der Waals surface area contributed by atoms with E-state index in [0.29, 0.717) is 28.4 Å². The van der Waals surface area contributed by atoms with Crippen LogP contribution in [0.25, 0.3) is 33.9 Å². The molecule has 38 heavy (non-hydrogen) atoms. The fraction of sp³-hybridized carbons (Fsp3) is 0.296. The molecule has 0 unspecified atom stereocenters. The van der Waals surface area contributed by atoms with Gasteiger partial charge in [0.15, 0.2) is 17.2 Å². The number of halogens is 3. The van der Waals surface area contributed by atoms with E-state index < -0.39 is 11.9 Å². The maximum atomic E-state index is 13.3. The number of aromatic nitrogens is 7. The van der Waals surface area contributed by atoms with Crippen LogP contribution < -0.4 is 5.69 Å². The number of H-pyrrole nitrogens is 1. The summed E-state index contributed by atoms with van der Waals surface area (Å²) in [7, 11) is 0. The molecule has 0 aliphatic heterocycles. The number of imidazole rings is 2. The lowest BCUT2D eigenvalue weighted by molar-refractivity contribution is -0.140. The Kier molecular flexibility index (Phi) is 5.66. The first kappa shape index (κ1) is 24.1. The number of pyridine rings is 1. The molecule has 4 aromatic heterocycles. The lowest BCUT2D eigenvalue weighted by Crippen LogP contribution is -2.17. The van der Waals surface area contributed by atoms with Gasteiger partial charge >= 0.3 is 11.9 Å². The number of aromatic amines is 1. The summed E-state index contributed by atoms with van der Waals surface area (Å²) in [5, 5.41) is 0. The number of nitrogens with zero attached hydrogens (tertiary/aromatic N) is 6. The van der Waals surface area contributed by atoms with Gasteiger partial charge in [0.05, 0.1) is 18.4 Å². The Morgan fingerprint density at radius 1 is 1.08 bits per heavy atom. The molecule has 0 atom stereocenters. The molecule has 1 aliphatic rings. The van der Waals surface area contributed by atoms with E-state index in [2.05, 4.69) is 19.9 Å². The predicted octanol–water partition coefficient (Wildman–Crippen LogP) is 5.57. The summed E-state index contributed by atoms with van der Waals surface area (Å²) in [6.07, 6.45) is 1.59. The van der Waals surface area contributed by atoms with Gasteiger partial charge in [-0.3, -0.25) is 9.55 Å². The first-order valence-electron chi connectivity index (χ1n) is 12.4. The van der Waals surface area contributed by atoms with Crippen molar-refractivity contribution in [2.45, 2.75) is 51.4 Å². The molecule has 6 rings (SSSR count). The minimum Gasteiger partial charge on any atom is -0.327 e. The third-order valence-corrected chi connectivity index (χ3v) is 6.65. The highest BCUT2D eigenvalue weighted by Gasteiger charge is 2.37. The Morgan fingerprint density at radius 2 is 1.84 bits per heavy atom. The Hall–Kier alpha value is -4.28. The van der Waals surface area contributed by atoms with Gasteiger partial charge < -0.3 is 9.55 Å². The van der Waals surface area contributed by atoms with Gasteiger partial charge in [0.1, 0.15) is 11.3 Å². The van der Waals surface area contributed by atoms with Crippen molar-refractivity contribution in [3.05, 3.63) is 82.4 Å². The topological polar surface area (TPSA) is 94.3 Å². The zero-order chi connectivity index (χ0) is 26.6. The van der Waals surface area contributed by atoms with Crippen molar-refractivity contribution < 1.29 is 13.2 Å². The van der Waals surface area contributed by atoms with E-state index in [-0.39, 0.29) is 24.2 Å². The fourth-order valence-corrected chi connectivity index (χ4v) is 4.61. The SMILES string of the molecule is CC(C)c1ncccc1-c1ncc2[nH]c(=O)n(Cc3ccc(-c4nc(C(F)(F)F)cn4C4CC4)cc3)c2n1. The van der Waals surface area contributed by atoms with Crippen molar-refractivity contribution in [3.8, 4) is 22.8 Å². The van der Waals surface area contributed by atoms with Crippen LogP contribution in [0.5, 0.6) is 0 Å². The Balaban J connectivity index is 1.33. The van der Waals surface area contributed by atoms with E-state index in [1.807, 2.05) is 26.0 Å². The summed E-state index contributed by atoms with van der Waals surface area (Å²) in [6.45, 7) is 4.31. The van der Waals surface area contributed by atoms with Gasteiger partial charge in [-0.1, -0.05) is 38.1 Å². The van der Waals surface area contributed by atoms with Crippen LogP contribution >= 0.6 is 0 Å². The molecule has 5 aromatic rings. The van der Waals surface area contributed by atoms with E-state index in [0.717, 1.165) is 35.9 Å². The van der Waals surface area contributed by atoms with Crippen molar-refractivity contribution in [2.75, 3.05) is 0 Å². The molecule has 194 valence electrons. The van der Waals surface area contributed by atoms with Gasteiger partial charge in [-0.15, -0.1) is 0 Å². The Bertz CT molecular complexity index is 1690. The molecule has 1 N–H and O–H groups in total. The minimum atomic E-state index is -4.50. The van der Waals surface area contributed by atoms with Gasteiger partial charge in [0.25, 0.3) is 0 Å². The largest absolute Gasteiger partial charge is 0.434 e. The lowest BCUT2D eigenvalue weighted by Gasteiger charge is -2.10. The van der Waals surface area contributed by atoms with E-state index in [9.17, 15) is 18.0 Å². The fourth-order valence-electron chi connectivity index (χ4n) is 4.61. The smallest absolute Gasteiger partial charge is 0.327 e. The lowest BCUT2D eigenvalue weighted by atomic mass is 10.0. The zero-order valence-corrected chi connectivity index (χ0v) is 20.7. The number of fused-ring (bicyclic) bond motifs is 1. The molecule has 0 radical (unpaired) electrons. The molecular formula is C27H24F3N7O. The van der Waals surface area contributed by atoms with Crippen LogP contribution in [0.3, 0.4) is 0 Å². The summed E-state index contributed by atoms with van der Waals surface area (Å²) >= 11 is 0. The van der Waals surface area contributed by atoms with E-state index in [1.54, 1.807) is 41.2 Å². The second-order valence-electron chi connectivity index (χ2n) is 9.82. The summed E-state index contributed by atoms with van der Waals surface area (Å²) in [5.41, 5.74) is 2.80. The normalized spacial score (nSPS) is 14.1. The van der Waals surface area contributed by atoms with Gasteiger partial charge in [-0.25, -0.2) is 19.7 Å². The highest BCUT2D eigenvalue weighted by molar-refractivity contribution is 5.73. The molecule has 0 amide bonds. The highest BCUT2D eigenvalue weighted by Crippen LogP contribution is 2.41. The molecule has 1 saturated carbocycles. The highest BCUT2D eigenvalue weighted by atomic mass is 19.4.